The number of methoxy groups -OCH3 is 1. The second kappa shape index (κ2) is 14.5. The van der Waals surface area contributed by atoms with Crippen molar-refractivity contribution < 1.29 is 14.3 Å². The lowest BCUT2D eigenvalue weighted by Gasteiger charge is -2.17. The number of ether oxygens (including phenoxy) is 2. The zero-order valence-corrected chi connectivity index (χ0v) is 20.5. The summed E-state index contributed by atoms with van der Waals surface area (Å²) in [6, 6.07) is 5.37. The summed E-state index contributed by atoms with van der Waals surface area (Å²) in [5.41, 5.74) is 5.50. The summed E-state index contributed by atoms with van der Waals surface area (Å²) in [4.78, 5) is 11.9. The summed E-state index contributed by atoms with van der Waals surface area (Å²) in [6.45, 7) is 13.5. The van der Waals surface area contributed by atoms with Crippen LogP contribution in [0.2, 0.25) is 0 Å². The third-order valence-corrected chi connectivity index (χ3v) is 5.17. The normalized spacial score (nSPS) is 12.9. The predicted octanol–water partition coefficient (Wildman–Crippen LogP) is 7.48. The lowest BCUT2D eigenvalue weighted by Crippen LogP contribution is -2.13. The van der Waals surface area contributed by atoms with Gasteiger partial charge in [-0.2, -0.15) is 0 Å². The van der Waals surface area contributed by atoms with E-state index in [4.69, 9.17) is 9.47 Å². The van der Waals surface area contributed by atoms with Gasteiger partial charge >= 0.3 is 5.97 Å². The van der Waals surface area contributed by atoms with Crippen LogP contribution in [0.3, 0.4) is 0 Å². The van der Waals surface area contributed by atoms with Gasteiger partial charge in [0.1, 0.15) is 5.75 Å². The van der Waals surface area contributed by atoms with Crippen LogP contribution in [-0.4, -0.2) is 25.7 Å². The Morgan fingerprint density at radius 1 is 1.03 bits per heavy atom. The highest BCUT2D eigenvalue weighted by Crippen LogP contribution is 2.28. The first kappa shape index (κ1) is 26.5. The van der Waals surface area contributed by atoms with Gasteiger partial charge in [0.2, 0.25) is 0 Å². The van der Waals surface area contributed by atoms with E-state index in [9.17, 15) is 4.79 Å². The second-order valence-corrected chi connectivity index (χ2v) is 8.38. The van der Waals surface area contributed by atoms with Crippen molar-refractivity contribution in [2.75, 3.05) is 19.0 Å². The summed E-state index contributed by atoms with van der Waals surface area (Å²) >= 11 is 0. The van der Waals surface area contributed by atoms with Crippen LogP contribution in [0.4, 0.5) is 5.69 Å². The highest BCUT2D eigenvalue weighted by Gasteiger charge is 2.12. The molecule has 4 nitrogen and oxygen atoms in total. The average Bonchev–Trinajstić information content (AvgIpc) is 2.73. The number of nitrogens with one attached hydrogen (secondary N) is 1. The van der Waals surface area contributed by atoms with Crippen LogP contribution in [0, 0.1) is 0 Å². The zero-order chi connectivity index (χ0) is 23.2. The quantitative estimate of drug-likeness (QED) is 0.262. The summed E-state index contributed by atoms with van der Waals surface area (Å²) in [5.74, 6) is 0.402. The summed E-state index contributed by atoms with van der Waals surface area (Å²) in [5, 5.41) is 3.40. The Morgan fingerprint density at radius 3 is 2.29 bits per heavy atom. The summed E-state index contributed by atoms with van der Waals surface area (Å²) in [6.07, 6.45) is 12.2. The standard InChI is InChI=1S/C27H41NO3/c1-8-23(6)31-26-16-15-24(27(29)30-7)19-25(26)28-18-17-22(5)14-10-13-21(4)12-9-11-20(2)3/h11,13,15-17,19,23,28H,8-10,12,14,18H2,1-7H3. The third-order valence-electron chi connectivity index (χ3n) is 5.17. The molecule has 0 heterocycles. The molecule has 0 radical (unpaired) electrons. The lowest BCUT2D eigenvalue weighted by molar-refractivity contribution is 0.0600. The first-order valence-electron chi connectivity index (χ1n) is 11.3. The van der Waals surface area contributed by atoms with Crippen molar-refractivity contribution in [1.29, 1.82) is 0 Å². The molecule has 1 N–H and O–H groups in total. The van der Waals surface area contributed by atoms with E-state index < -0.39 is 0 Å². The largest absolute Gasteiger partial charge is 0.489 e. The Kier molecular flexibility index (Phi) is 12.4. The predicted molar refractivity (Wildman–Crippen MR) is 132 cm³/mol. The Balaban J connectivity index is 2.67. The van der Waals surface area contributed by atoms with Gasteiger partial charge in [-0.15, -0.1) is 0 Å². The van der Waals surface area contributed by atoms with Crippen LogP contribution in [0.25, 0.3) is 0 Å². The van der Waals surface area contributed by atoms with Gasteiger partial charge < -0.3 is 14.8 Å². The average molecular weight is 428 g/mol. The van der Waals surface area contributed by atoms with Crippen LogP contribution in [0.5, 0.6) is 5.75 Å². The number of benzene rings is 1. The first-order valence-corrected chi connectivity index (χ1v) is 11.3. The number of carbonyl (C=O) groups is 1. The molecule has 0 amide bonds. The SMILES string of the molecule is CCC(C)Oc1ccc(C(=O)OC)cc1NCC=C(C)CCC=C(C)CCC=C(C)C. The van der Waals surface area contributed by atoms with E-state index in [1.807, 2.05) is 13.0 Å². The number of hydrogen-bond acceptors (Lipinski definition) is 4. The Hall–Kier alpha value is -2.49. The Labute approximate surface area is 189 Å². The molecule has 0 saturated heterocycles. The van der Waals surface area contributed by atoms with Gasteiger partial charge in [0.25, 0.3) is 0 Å². The minimum atomic E-state index is -0.350. The molecule has 0 aliphatic heterocycles. The molecular formula is C27H41NO3. The van der Waals surface area contributed by atoms with Gasteiger partial charge in [-0.1, -0.05) is 41.9 Å². The monoisotopic (exact) mass is 427 g/mol. The van der Waals surface area contributed by atoms with Crippen molar-refractivity contribution in [3.05, 3.63) is 58.7 Å². The molecule has 0 saturated carbocycles. The van der Waals surface area contributed by atoms with Gasteiger partial charge in [-0.3, -0.25) is 0 Å². The maximum atomic E-state index is 11.9. The molecule has 1 aromatic rings. The van der Waals surface area contributed by atoms with Crippen LogP contribution < -0.4 is 10.1 Å². The number of esters is 1. The molecule has 172 valence electrons. The fraction of sp³-hybridized carbons (Fsp3) is 0.519. The summed E-state index contributed by atoms with van der Waals surface area (Å²) in [7, 11) is 1.39. The fourth-order valence-electron chi connectivity index (χ4n) is 2.99. The fourth-order valence-corrected chi connectivity index (χ4v) is 2.99. The minimum Gasteiger partial charge on any atom is -0.489 e. The molecule has 1 unspecified atom stereocenters. The number of allylic oxidation sites excluding steroid dienone is 5. The second-order valence-electron chi connectivity index (χ2n) is 8.38. The molecule has 0 aliphatic carbocycles. The van der Waals surface area contributed by atoms with Crippen LogP contribution in [-0.2, 0) is 4.74 Å². The van der Waals surface area contributed by atoms with Gasteiger partial charge in [0.15, 0.2) is 0 Å². The Morgan fingerprint density at radius 2 is 1.68 bits per heavy atom. The number of hydrogen-bond donors (Lipinski definition) is 1. The highest BCUT2D eigenvalue weighted by atomic mass is 16.5. The van der Waals surface area contributed by atoms with E-state index in [1.54, 1.807) is 12.1 Å². The molecule has 1 aromatic carbocycles. The smallest absolute Gasteiger partial charge is 0.337 e. The zero-order valence-electron chi connectivity index (χ0n) is 20.5. The van der Waals surface area contributed by atoms with Gasteiger partial charge in [0.05, 0.1) is 24.5 Å². The molecular weight excluding hydrogens is 386 g/mol. The highest BCUT2D eigenvalue weighted by molar-refractivity contribution is 5.91. The van der Waals surface area contributed by atoms with Gasteiger partial charge in [-0.25, -0.2) is 4.79 Å². The molecule has 0 fully saturated rings. The molecule has 1 atom stereocenters. The van der Waals surface area contributed by atoms with E-state index >= 15 is 0 Å². The van der Waals surface area contributed by atoms with Crippen LogP contribution in [0.1, 0.15) is 84.0 Å². The van der Waals surface area contributed by atoms with Gasteiger partial charge in [-0.05, 0) is 84.9 Å². The van der Waals surface area contributed by atoms with E-state index in [0.29, 0.717) is 12.1 Å². The lowest BCUT2D eigenvalue weighted by atomic mass is 10.1. The van der Waals surface area contributed by atoms with Crippen LogP contribution >= 0.6 is 0 Å². The third kappa shape index (κ3) is 10.9. The van der Waals surface area contributed by atoms with E-state index in [1.165, 1.54) is 23.8 Å². The molecule has 31 heavy (non-hydrogen) atoms. The van der Waals surface area contributed by atoms with Crippen molar-refractivity contribution in [2.24, 2.45) is 0 Å². The number of rotatable bonds is 13. The maximum Gasteiger partial charge on any atom is 0.337 e. The van der Waals surface area contributed by atoms with Crippen molar-refractivity contribution in [3.63, 3.8) is 0 Å². The number of anilines is 1. The van der Waals surface area contributed by atoms with Gasteiger partial charge in [0, 0.05) is 6.54 Å². The van der Waals surface area contributed by atoms with E-state index in [2.05, 4.69) is 58.2 Å². The summed E-state index contributed by atoms with van der Waals surface area (Å²) < 4.78 is 10.9. The van der Waals surface area contributed by atoms with Crippen LogP contribution in [0.15, 0.2) is 53.1 Å². The molecule has 1 rings (SSSR count). The topological polar surface area (TPSA) is 47.6 Å². The maximum absolute atomic E-state index is 11.9. The van der Waals surface area contributed by atoms with Crippen molar-refractivity contribution in [2.45, 2.75) is 79.8 Å². The molecule has 4 heteroatoms. The molecule has 0 aliphatic rings. The van der Waals surface area contributed by atoms with Crippen molar-refractivity contribution in [1.82, 2.24) is 0 Å². The van der Waals surface area contributed by atoms with Crippen molar-refractivity contribution >= 4 is 11.7 Å². The van der Waals surface area contributed by atoms with E-state index in [0.717, 1.165) is 43.5 Å². The molecule has 0 aromatic heterocycles. The number of carbonyl (C=O) groups excluding carboxylic acids is 1. The van der Waals surface area contributed by atoms with Crippen molar-refractivity contribution in [3.8, 4) is 5.75 Å². The first-order chi connectivity index (χ1) is 14.8. The minimum absolute atomic E-state index is 0.105. The molecule has 0 spiro atoms. The molecule has 0 bridgehead atoms. The Bertz CT molecular complexity index is 786. The van der Waals surface area contributed by atoms with E-state index in [-0.39, 0.29) is 12.1 Å².